The van der Waals surface area contributed by atoms with Gasteiger partial charge >= 0.3 is 5.97 Å². The third-order valence-corrected chi connectivity index (χ3v) is 2.88. The third kappa shape index (κ3) is 2.70. The van der Waals surface area contributed by atoms with Gasteiger partial charge < -0.3 is 14.8 Å². The van der Waals surface area contributed by atoms with Crippen LogP contribution in [0.3, 0.4) is 0 Å². The smallest absolute Gasteiger partial charge is 0.337 e. The second-order valence-electron chi connectivity index (χ2n) is 3.43. The molecule has 1 heterocycles. The molecule has 0 saturated heterocycles. The van der Waals surface area contributed by atoms with Gasteiger partial charge in [0.1, 0.15) is 0 Å². The summed E-state index contributed by atoms with van der Waals surface area (Å²) >= 11 is 2.01. The summed E-state index contributed by atoms with van der Waals surface area (Å²) in [5.74, 6) is -1.45. The van der Waals surface area contributed by atoms with E-state index in [4.69, 9.17) is 9.52 Å². The van der Waals surface area contributed by atoms with Crippen LogP contribution < -0.4 is 5.32 Å². The van der Waals surface area contributed by atoms with Crippen molar-refractivity contribution in [1.82, 2.24) is 0 Å². The normalized spacial score (nSPS) is 10.1. The molecule has 0 aliphatic carbocycles. The minimum Gasteiger partial charge on any atom is -0.478 e. The fourth-order valence-corrected chi connectivity index (χ4v) is 1.89. The maximum Gasteiger partial charge on any atom is 0.337 e. The summed E-state index contributed by atoms with van der Waals surface area (Å²) in [5.41, 5.74) is 0.283. The van der Waals surface area contributed by atoms with E-state index >= 15 is 0 Å². The number of anilines is 1. The number of furan rings is 1. The first kappa shape index (κ1) is 12.6. The molecule has 2 N–H and O–H groups in total. The first-order chi connectivity index (χ1) is 8.58. The predicted molar refractivity (Wildman–Crippen MR) is 72.8 cm³/mol. The number of aromatic carboxylic acids is 1. The lowest BCUT2D eigenvalue weighted by Gasteiger charge is -2.07. The molecule has 0 aliphatic heterocycles. The number of benzene rings is 1. The van der Waals surface area contributed by atoms with Crippen LogP contribution in [0.4, 0.5) is 5.69 Å². The summed E-state index contributed by atoms with van der Waals surface area (Å²) in [6.45, 7) is 0. The van der Waals surface area contributed by atoms with Gasteiger partial charge in [-0.25, -0.2) is 4.79 Å². The van der Waals surface area contributed by atoms with E-state index < -0.39 is 11.9 Å². The van der Waals surface area contributed by atoms with E-state index in [0.29, 0.717) is 0 Å². The molecule has 0 spiro atoms. The molecular formula is C12H8INO4. The molecule has 0 fully saturated rings. The van der Waals surface area contributed by atoms with Crippen LogP contribution in [0.25, 0.3) is 0 Å². The lowest BCUT2D eigenvalue weighted by atomic mass is 10.2. The molecule has 18 heavy (non-hydrogen) atoms. The van der Waals surface area contributed by atoms with Crippen LogP contribution in [0.15, 0.2) is 41.0 Å². The highest BCUT2D eigenvalue weighted by atomic mass is 127. The van der Waals surface area contributed by atoms with Crippen LogP contribution in [0, 0.1) is 3.57 Å². The van der Waals surface area contributed by atoms with Gasteiger partial charge in [-0.15, -0.1) is 0 Å². The zero-order valence-electron chi connectivity index (χ0n) is 9.01. The molecule has 0 unspecified atom stereocenters. The lowest BCUT2D eigenvalue weighted by Crippen LogP contribution is -2.14. The van der Waals surface area contributed by atoms with E-state index in [2.05, 4.69) is 5.32 Å². The van der Waals surface area contributed by atoms with Crippen LogP contribution in [0.2, 0.25) is 0 Å². The van der Waals surface area contributed by atoms with Crippen LogP contribution >= 0.6 is 22.6 Å². The number of rotatable bonds is 3. The van der Waals surface area contributed by atoms with Gasteiger partial charge in [0.2, 0.25) is 0 Å². The van der Waals surface area contributed by atoms with Crippen LogP contribution in [-0.2, 0) is 0 Å². The van der Waals surface area contributed by atoms with Crippen molar-refractivity contribution in [3.05, 3.63) is 51.5 Å². The van der Waals surface area contributed by atoms with Gasteiger partial charge in [0.25, 0.3) is 5.91 Å². The molecule has 0 radical (unpaired) electrons. The van der Waals surface area contributed by atoms with Crippen molar-refractivity contribution in [2.24, 2.45) is 0 Å². The molecule has 1 amide bonds. The summed E-state index contributed by atoms with van der Waals surface area (Å²) in [6.07, 6.45) is 1.38. The van der Waals surface area contributed by atoms with Crippen LogP contribution in [0.1, 0.15) is 20.9 Å². The van der Waals surface area contributed by atoms with E-state index in [1.165, 1.54) is 18.4 Å². The number of carboxylic acids is 1. The second kappa shape index (κ2) is 5.21. The highest BCUT2D eigenvalue weighted by molar-refractivity contribution is 14.1. The zero-order valence-corrected chi connectivity index (χ0v) is 11.2. The molecule has 2 aromatic rings. The fraction of sp³-hybridized carbons (Fsp3) is 0. The number of hydrogen-bond donors (Lipinski definition) is 2. The number of halogens is 1. The topological polar surface area (TPSA) is 79.5 Å². The van der Waals surface area contributed by atoms with E-state index in [-0.39, 0.29) is 17.0 Å². The number of nitrogens with one attached hydrogen (secondary N) is 1. The van der Waals surface area contributed by atoms with Gasteiger partial charge in [-0.1, -0.05) is 0 Å². The summed E-state index contributed by atoms with van der Waals surface area (Å²) < 4.78 is 5.71. The average molecular weight is 357 g/mol. The summed E-state index contributed by atoms with van der Waals surface area (Å²) in [7, 11) is 0. The minimum absolute atomic E-state index is 0.0433. The van der Waals surface area contributed by atoms with E-state index in [1.807, 2.05) is 22.6 Å². The zero-order chi connectivity index (χ0) is 13.1. The Hall–Kier alpha value is -1.83. The maximum absolute atomic E-state index is 11.7. The Balaban J connectivity index is 2.29. The number of carbonyl (C=O) groups excluding carboxylic acids is 1. The Bertz CT molecular complexity index is 592. The van der Waals surface area contributed by atoms with Crippen molar-refractivity contribution in [3.8, 4) is 0 Å². The molecule has 0 atom stereocenters. The number of amides is 1. The van der Waals surface area contributed by atoms with Crippen LogP contribution in [0.5, 0.6) is 0 Å². The minimum atomic E-state index is -1.09. The Labute approximate surface area is 116 Å². The van der Waals surface area contributed by atoms with Crippen molar-refractivity contribution in [1.29, 1.82) is 0 Å². The highest BCUT2D eigenvalue weighted by Crippen LogP contribution is 2.19. The number of hydrogen-bond acceptors (Lipinski definition) is 3. The molecule has 0 bridgehead atoms. The molecule has 1 aromatic heterocycles. The predicted octanol–water partition coefficient (Wildman–Crippen LogP) is 2.83. The van der Waals surface area contributed by atoms with Crippen LogP contribution in [-0.4, -0.2) is 17.0 Å². The molecule has 0 saturated carbocycles. The maximum atomic E-state index is 11.7. The average Bonchev–Trinajstić information content (AvgIpc) is 2.84. The largest absolute Gasteiger partial charge is 0.478 e. The lowest BCUT2D eigenvalue weighted by molar-refractivity contribution is 0.0698. The number of carbonyl (C=O) groups is 2. The molecule has 2 rings (SSSR count). The number of carboxylic acid groups (broad SMARTS) is 1. The van der Waals surface area contributed by atoms with Gasteiger partial charge in [-0.2, -0.15) is 0 Å². The Morgan fingerprint density at radius 2 is 2.06 bits per heavy atom. The van der Waals surface area contributed by atoms with Gasteiger partial charge in [0.05, 0.1) is 17.5 Å². The summed E-state index contributed by atoms with van der Waals surface area (Å²) in [4.78, 5) is 22.8. The first-order valence-corrected chi connectivity index (χ1v) is 6.03. The molecular weight excluding hydrogens is 349 g/mol. The van der Waals surface area contributed by atoms with Gasteiger partial charge in [-0.05, 0) is 52.9 Å². The van der Waals surface area contributed by atoms with Crippen molar-refractivity contribution in [3.63, 3.8) is 0 Å². The molecule has 6 heteroatoms. The second-order valence-corrected chi connectivity index (χ2v) is 4.67. The Morgan fingerprint density at radius 3 is 2.67 bits per heavy atom. The summed E-state index contributed by atoms with van der Waals surface area (Å²) in [5, 5.41) is 11.6. The fourth-order valence-electron chi connectivity index (χ4n) is 1.39. The standard InChI is InChI=1S/C12H8INO4/c13-7-3-4-9(8(6-7)12(16)17)14-11(15)10-2-1-5-18-10/h1-6H,(H,14,15)(H,16,17). The van der Waals surface area contributed by atoms with E-state index in [9.17, 15) is 9.59 Å². The van der Waals surface area contributed by atoms with E-state index in [1.54, 1.807) is 18.2 Å². The Kier molecular flexibility index (Phi) is 3.66. The van der Waals surface area contributed by atoms with Gasteiger partial charge in [0, 0.05) is 3.57 Å². The quantitative estimate of drug-likeness (QED) is 0.828. The molecule has 1 aromatic carbocycles. The third-order valence-electron chi connectivity index (χ3n) is 2.21. The SMILES string of the molecule is O=C(Nc1ccc(I)cc1C(=O)O)c1ccco1. The Morgan fingerprint density at radius 1 is 1.28 bits per heavy atom. The van der Waals surface area contributed by atoms with E-state index in [0.717, 1.165) is 3.57 Å². The summed E-state index contributed by atoms with van der Waals surface area (Å²) in [6, 6.07) is 7.83. The molecule has 92 valence electrons. The van der Waals surface area contributed by atoms with Crippen molar-refractivity contribution < 1.29 is 19.1 Å². The highest BCUT2D eigenvalue weighted by Gasteiger charge is 2.15. The monoisotopic (exact) mass is 357 g/mol. The van der Waals surface area contributed by atoms with Gasteiger partial charge in [0.15, 0.2) is 5.76 Å². The van der Waals surface area contributed by atoms with Crippen molar-refractivity contribution >= 4 is 40.2 Å². The molecule has 5 nitrogen and oxygen atoms in total. The van der Waals surface area contributed by atoms with Gasteiger partial charge in [-0.3, -0.25) is 4.79 Å². The molecule has 0 aliphatic rings. The first-order valence-electron chi connectivity index (χ1n) is 4.95. The van der Waals surface area contributed by atoms with Crippen molar-refractivity contribution in [2.75, 3.05) is 5.32 Å². The van der Waals surface area contributed by atoms with Crippen molar-refractivity contribution in [2.45, 2.75) is 0 Å².